The van der Waals surface area contributed by atoms with Gasteiger partial charge >= 0.3 is 6.09 Å². The SMILES string of the molecule is C=C(/C=N\NC)c1cnc2c(Nc3cc(C)c(C(=O)N(C)C)s3)nc(CCNC(=O)OCc3ccccc3)cn12. The normalized spacial score (nSPS) is 11.0. The van der Waals surface area contributed by atoms with Gasteiger partial charge in [0.25, 0.3) is 5.91 Å². The number of aryl methyl sites for hydroxylation is 1. The highest BCUT2D eigenvalue weighted by Crippen LogP contribution is 2.31. The van der Waals surface area contributed by atoms with E-state index in [0.29, 0.717) is 40.6 Å². The van der Waals surface area contributed by atoms with Crippen molar-refractivity contribution >= 4 is 51.6 Å². The molecule has 4 aromatic rings. The maximum atomic E-state index is 12.6. The van der Waals surface area contributed by atoms with E-state index in [9.17, 15) is 9.59 Å². The van der Waals surface area contributed by atoms with Gasteiger partial charge in [-0.25, -0.2) is 14.8 Å². The van der Waals surface area contributed by atoms with E-state index in [4.69, 9.17) is 9.72 Å². The number of rotatable bonds is 11. The van der Waals surface area contributed by atoms with Gasteiger partial charge < -0.3 is 25.7 Å². The standard InChI is InChI=1S/C28H32N8O3S/c1-18-13-23(40-24(18)27(37)35(4)5)34-25-26-31-15-22(19(2)14-32-29-3)36(26)16-21(33-25)11-12-30-28(38)39-17-20-9-7-6-8-10-20/h6-10,13-16,29H,2,11-12,17H2,1,3-5H3,(H,30,38)(H,33,34)/b32-14-. The molecule has 3 aromatic heterocycles. The number of nitrogens with one attached hydrogen (secondary N) is 3. The Bertz CT molecular complexity index is 1540. The maximum absolute atomic E-state index is 12.6. The van der Waals surface area contributed by atoms with Crippen LogP contribution < -0.4 is 16.1 Å². The third-order valence-corrected chi connectivity index (χ3v) is 6.98. The summed E-state index contributed by atoms with van der Waals surface area (Å²) >= 11 is 1.35. The van der Waals surface area contributed by atoms with Crippen LogP contribution in [-0.2, 0) is 17.8 Å². The number of hydrogen-bond donors (Lipinski definition) is 3. The maximum Gasteiger partial charge on any atom is 0.407 e. The molecule has 4 rings (SSSR count). The van der Waals surface area contributed by atoms with Crippen molar-refractivity contribution in [2.24, 2.45) is 5.10 Å². The topological polar surface area (TPSA) is 125 Å². The lowest BCUT2D eigenvalue weighted by atomic mass is 10.2. The summed E-state index contributed by atoms with van der Waals surface area (Å²) in [6, 6.07) is 11.4. The molecule has 0 aliphatic heterocycles. The zero-order valence-corrected chi connectivity index (χ0v) is 23.7. The third-order valence-electron chi connectivity index (χ3n) is 5.84. The molecule has 0 radical (unpaired) electrons. The van der Waals surface area contributed by atoms with Crippen molar-refractivity contribution in [1.82, 2.24) is 30.0 Å². The largest absolute Gasteiger partial charge is 0.445 e. The van der Waals surface area contributed by atoms with Crippen LogP contribution in [0.1, 0.15) is 32.2 Å². The summed E-state index contributed by atoms with van der Waals surface area (Å²) in [6.45, 7) is 6.52. The Hall–Kier alpha value is -4.71. The second-order valence-electron chi connectivity index (χ2n) is 9.11. The molecule has 0 aliphatic carbocycles. The lowest BCUT2D eigenvalue weighted by Crippen LogP contribution is -2.26. The number of alkyl carbamates (subject to hydrolysis) is 1. The number of thiophene rings is 1. The molecule has 3 N–H and O–H groups in total. The Kier molecular flexibility index (Phi) is 9.12. The second-order valence-corrected chi connectivity index (χ2v) is 10.2. The minimum Gasteiger partial charge on any atom is -0.445 e. The first kappa shape index (κ1) is 28.3. The highest BCUT2D eigenvalue weighted by Gasteiger charge is 2.18. The van der Waals surface area contributed by atoms with Crippen LogP contribution in [-0.4, -0.2) is 65.2 Å². The third kappa shape index (κ3) is 6.83. The molecule has 0 saturated heterocycles. The molecule has 2 amide bonds. The van der Waals surface area contributed by atoms with Crippen molar-refractivity contribution < 1.29 is 14.3 Å². The molecule has 0 aliphatic rings. The Morgan fingerprint density at radius 1 is 1.25 bits per heavy atom. The lowest BCUT2D eigenvalue weighted by Gasteiger charge is -2.11. The number of anilines is 2. The summed E-state index contributed by atoms with van der Waals surface area (Å²) in [5, 5.41) is 10.9. The van der Waals surface area contributed by atoms with Gasteiger partial charge in [-0.2, -0.15) is 5.10 Å². The molecule has 0 saturated carbocycles. The number of nitrogens with zero attached hydrogens (tertiary/aromatic N) is 5. The van der Waals surface area contributed by atoms with Crippen molar-refractivity contribution in [3.8, 4) is 0 Å². The number of imidazole rings is 1. The summed E-state index contributed by atoms with van der Waals surface area (Å²) in [5.41, 5.74) is 7.18. The van der Waals surface area contributed by atoms with Crippen LogP contribution in [0.3, 0.4) is 0 Å². The van der Waals surface area contributed by atoms with Crippen LogP contribution in [0.15, 0.2) is 60.5 Å². The molecule has 0 unspecified atom stereocenters. The number of carbonyl (C=O) groups excluding carboxylic acids is 2. The molecule has 0 spiro atoms. The van der Waals surface area contributed by atoms with Crippen molar-refractivity contribution in [2.45, 2.75) is 20.0 Å². The lowest BCUT2D eigenvalue weighted by molar-refractivity contribution is 0.0831. The molecule has 40 heavy (non-hydrogen) atoms. The first-order valence-corrected chi connectivity index (χ1v) is 13.4. The van der Waals surface area contributed by atoms with Gasteiger partial charge in [-0.05, 0) is 24.1 Å². The van der Waals surface area contributed by atoms with Crippen LogP contribution in [0, 0.1) is 6.92 Å². The van der Waals surface area contributed by atoms with E-state index >= 15 is 0 Å². The van der Waals surface area contributed by atoms with Crippen LogP contribution in [0.4, 0.5) is 15.6 Å². The molecule has 11 nitrogen and oxygen atoms in total. The molecule has 1 aromatic carbocycles. The Morgan fingerprint density at radius 3 is 2.75 bits per heavy atom. The average molecular weight is 561 g/mol. The van der Waals surface area contributed by atoms with Gasteiger partial charge in [0.1, 0.15) is 6.61 Å². The van der Waals surface area contributed by atoms with Crippen LogP contribution in [0.25, 0.3) is 11.2 Å². The van der Waals surface area contributed by atoms with Gasteiger partial charge in [0.2, 0.25) is 0 Å². The van der Waals surface area contributed by atoms with Crippen LogP contribution >= 0.6 is 11.3 Å². The van der Waals surface area contributed by atoms with Crippen molar-refractivity contribution in [3.05, 3.63) is 82.8 Å². The summed E-state index contributed by atoms with van der Waals surface area (Å²) < 4.78 is 7.19. The zero-order valence-electron chi connectivity index (χ0n) is 22.9. The van der Waals surface area contributed by atoms with E-state index in [1.807, 2.05) is 53.9 Å². The van der Waals surface area contributed by atoms with Gasteiger partial charge in [0, 0.05) is 45.9 Å². The second kappa shape index (κ2) is 12.9. The van der Waals surface area contributed by atoms with Crippen LogP contribution in [0.2, 0.25) is 0 Å². The predicted octanol–water partition coefficient (Wildman–Crippen LogP) is 4.23. The fourth-order valence-electron chi connectivity index (χ4n) is 3.83. The Balaban J connectivity index is 1.55. The van der Waals surface area contributed by atoms with Crippen LogP contribution in [0.5, 0.6) is 0 Å². The molecular formula is C28H32N8O3S. The minimum atomic E-state index is -0.504. The fraction of sp³-hybridized carbons (Fsp3) is 0.250. The number of ether oxygens (including phenoxy) is 1. The number of benzene rings is 1. The summed E-state index contributed by atoms with van der Waals surface area (Å²) in [4.78, 5) is 36.4. The number of allylic oxidation sites excluding steroid dienone is 1. The average Bonchev–Trinajstić information content (AvgIpc) is 3.54. The van der Waals surface area contributed by atoms with Gasteiger partial charge in [-0.1, -0.05) is 36.9 Å². The van der Waals surface area contributed by atoms with E-state index in [-0.39, 0.29) is 12.5 Å². The predicted molar refractivity (Wildman–Crippen MR) is 158 cm³/mol. The summed E-state index contributed by atoms with van der Waals surface area (Å²) in [7, 11) is 5.16. The minimum absolute atomic E-state index is 0.0594. The van der Waals surface area contributed by atoms with Crippen molar-refractivity contribution in [3.63, 3.8) is 0 Å². The molecule has 0 fully saturated rings. The fourth-order valence-corrected chi connectivity index (χ4v) is 4.92. The van der Waals surface area contributed by atoms with Gasteiger partial charge in [-0.3, -0.25) is 9.20 Å². The molecule has 0 bridgehead atoms. The highest BCUT2D eigenvalue weighted by molar-refractivity contribution is 7.18. The van der Waals surface area contributed by atoms with E-state index < -0.39 is 6.09 Å². The smallest absolute Gasteiger partial charge is 0.407 e. The first-order chi connectivity index (χ1) is 19.3. The van der Waals surface area contributed by atoms with Crippen molar-refractivity contribution in [1.29, 1.82) is 0 Å². The van der Waals surface area contributed by atoms with E-state index in [0.717, 1.165) is 21.8 Å². The van der Waals surface area contributed by atoms with Gasteiger partial charge in [0.15, 0.2) is 11.5 Å². The number of hydrazone groups is 1. The molecule has 12 heteroatoms. The summed E-state index contributed by atoms with van der Waals surface area (Å²) in [6.07, 6.45) is 5.11. The zero-order chi connectivity index (χ0) is 28.6. The molecule has 208 valence electrons. The van der Waals surface area contributed by atoms with E-state index in [1.165, 1.54) is 11.3 Å². The van der Waals surface area contributed by atoms with Gasteiger partial charge in [0.05, 0.1) is 33.7 Å². The monoisotopic (exact) mass is 560 g/mol. The number of hydrogen-bond acceptors (Lipinski definition) is 9. The number of carbonyl (C=O) groups is 2. The molecule has 0 atom stereocenters. The Morgan fingerprint density at radius 2 is 2.02 bits per heavy atom. The number of aromatic nitrogens is 3. The van der Waals surface area contributed by atoms with E-state index in [1.54, 1.807) is 38.5 Å². The molecule has 3 heterocycles. The Labute approximate surface area is 236 Å². The quantitative estimate of drug-likeness (QED) is 0.185. The summed E-state index contributed by atoms with van der Waals surface area (Å²) in [5.74, 6) is 0.453. The molecular weight excluding hydrogens is 528 g/mol. The van der Waals surface area contributed by atoms with E-state index in [2.05, 4.69) is 32.7 Å². The van der Waals surface area contributed by atoms with Gasteiger partial charge in [-0.15, -0.1) is 11.3 Å². The first-order valence-electron chi connectivity index (χ1n) is 12.6. The number of amides is 2. The number of fused-ring (bicyclic) bond motifs is 1. The highest BCUT2D eigenvalue weighted by atomic mass is 32.1. The van der Waals surface area contributed by atoms with Crippen molar-refractivity contribution in [2.75, 3.05) is 33.0 Å².